The van der Waals surface area contributed by atoms with Gasteiger partial charge in [0, 0.05) is 4.47 Å². The van der Waals surface area contributed by atoms with Crippen LogP contribution in [0.2, 0.25) is 0 Å². The Balaban J connectivity index is 2.87. The van der Waals surface area contributed by atoms with Gasteiger partial charge in [0.15, 0.2) is 0 Å². The zero-order valence-electron chi connectivity index (χ0n) is 8.65. The second kappa shape index (κ2) is 5.16. The molecule has 0 aliphatic rings. The normalized spacial score (nSPS) is 13.5. The van der Waals surface area contributed by atoms with Gasteiger partial charge in [-0.1, -0.05) is 15.9 Å². The van der Waals surface area contributed by atoms with Crippen LogP contribution in [-0.2, 0) is 4.74 Å². The largest absolute Gasteiger partial charge is 0.527 e. The Kier molecular flexibility index (Phi) is 4.35. The van der Waals surface area contributed by atoms with Crippen LogP contribution in [0.1, 0.15) is 0 Å². The van der Waals surface area contributed by atoms with Gasteiger partial charge in [-0.05, 0) is 24.3 Å². The lowest BCUT2D eigenvalue weighted by Crippen LogP contribution is -2.49. The molecule has 0 atom stereocenters. The summed E-state index contributed by atoms with van der Waals surface area (Å²) in [6.45, 7) is 0. The van der Waals surface area contributed by atoms with Gasteiger partial charge >= 0.3 is 18.6 Å². The van der Waals surface area contributed by atoms with E-state index in [4.69, 9.17) is 0 Å². The molecular weight excluding hydrogens is 353 g/mol. The first-order valence-electron chi connectivity index (χ1n) is 4.40. The first kappa shape index (κ1) is 16.0. The summed E-state index contributed by atoms with van der Waals surface area (Å²) >= 11 is 2.94. The lowest BCUT2D eigenvalue weighted by Gasteiger charge is -2.26. The van der Waals surface area contributed by atoms with E-state index in [1.165, 1.54) is 12.1 Å². The molecule has 0 spiro atoms. The average molecular weight is 357 g/mol. The molecule has 0 radical (unpaired) electrons. The van der Waals surface area contributed by atoms with Crippen molar-refractivity contribution in [3.63, 3.8) is 0 Å². The van der Waals surface area contributed by atoms with E-state index >= 15 is 0 Å². The van der Waals surface area contributed by atoms with Gasteiger partial charge in [0.1, 0.15) is 5.75 Å². The highest BCUT2D eigenvalue weighted by molar-refractivity contribution is 9.10. The third kappa shape index (κ3) is 4.53. The molecule has 19 heavy (non-hydrogen) atoms. The number of hydrogen-bond acceptors (Lipinski definition) is 2. The second-order valence-electron chi connectivity index (χ2n) is 3.14. The Bertz CT molecular complexity index is 429. The zero-order chi connectivity index (χ0) is 14.9. The van der Waals surface area contributed by atoms with E-state index in [1.54, 1.807) is 0 Å². The van der Waals surface area contributed by atoms with Crippen molar-refractivity contribution >= 4 is 15.9 Å². The maximum absolute atomic E-state index is 12.9. The molecular formula is C9H4BrF7O2. The van der Waals surface area contributed by atoms with Gasteiger partial charge < -0.3 is 4.74 Å². The predicted molar refractivity (Wildman–Crippen MR) is 51.8 cm³/mol. The van der Waals surface area contributed by atoms with Gasteiger partial charge in [-0.2, -0.15) is 17.6 Å². The SMILES string of the molecule is FC(F)(F)OC(F)(F)C(F)(F)Oc1ccc(Br)cc1. The van der Waals surface area contributed by atoms with Crippen molar-refractivity contribution in [2.45, 2.75) is 18.6 Å². The first-order chi connectivity index (χ1) is 8.43. The van der Waals surface area contributed by atoms with Crippen molar-refractivity contribution in [1.82, 2.24) is 0 Å². The fraction of sp³-hybridized carbons (Fsp3) is 0.333. The van der Waals surface area contributed by atoms with Crippen molar-refractivity contribution in [3.8, 4) is 5.75 Å². The molecule has 0 aromatic heterocycles. The van der Waals surface area contributed by atoms with Crippen LogP contribution < -0.4 is 4.74 Å². The summed E-state index contributed by atoms with van der Waals surface area (Å²) in [4.78, 5) is 0. The fourth-order valence-electron chi connectivity index (χ4n) is 0.915. The zero-order valence-corrected chi connectivity index (χ0v) is 10.2. The number of rotatable bonds is 4. The van der Waals surface area contributed by atoms with Crippen LogP contribution in [0.15, 0.2) is 28.7 Å². The van der Waals surface area contributed by atoms with Gasteiger partial charge in [0.25, 0.3) is 0 Å². The molecule has 0 bridgehead atoms. The summed E-state index contributed by atoms with van der Waals surface area (Å²) < 4.78 is 91.9. The lowest BCUT2D eigenvalue weighted by atomic mass is 10.3. The van der Waals surface area contributed by atoms with Crippen LogP contribution >= 0.6 is 15.9 Å². The Labute approximate surface area is 110 Å². The maximum atomic E-state index is 12.9. The van der Waals surface area contributed by atoms with E-state index in [2.05, 4.69) is 25.4 Å². The minimum Gasteiger partial charge on any atom is -0.426 e. The van der Waals surface area contributed by atoms with Crippen LogP contribution in [-0.4, -0.2) is 18.6 Å². The van der Waals surface area contributed by atoms with E-state index in [0.29, 0.717) is 4.47 Å². The molecule has 0 heterocycles. The average Bonchev–Trinajstić information content (AvgIpc) is 2.17. The molecule has 1 rings (SSSR count). The van der Waals surface area contributed by atoms with Crippen LogP contribution in [0, 0.1) is 0 Å². The lowest BCUT2D eigenvalue weighted by molar-refractivity contribution is -0.492. The summed E-state index contributed by atoms with van der Waals surface area (Å²) in [5, 5.41) is 0. The van der Waals surface area contributed by atoms with Crippen molar-refractivity contribution in [1.29, 1.82) is 0 Å². The van der Waals surface area contributed by atoms with Gasteiger partial charge in [-0.15, -0.1) is 13.2 Å². The monoisotopic (exact) mass is 356 g/mol. The van der Waals surface area contributed by atoms with Gasteiger partial charge in [0.05, 0.1) is 0 Å². The minimum atomic E-state index is -5.93. The topological polar surface area (TPSA) is 18.5 Å². The minimum absolute atomic E-state index is 0.432. The van der Waals surface area contributed by atoms with Crippen molar-refractivity contribution in [3.05, 3.63) is 28.7 Å². The molecule has 0 saturated carbocycles. The molecule has 0 fully saturated rings. The summed E-state index contributed by atoms with van der Waals surface area (Å²) in [5.41, 5.74) is 0. The fourth-order valence-corrected chi connectivity index (χ4v) is 1.18. The molecule has 1 aromatic rings. The van der Waals surface area contributed by atoms with Gasteiger partial charge in [-0.25, -0.2) is 4.74 Å². The van der Waals surface area contributed by atoms with Crippen molar-refractivity contribution in [2.24, 2.45) is 0 Å². The maximum Gasteiger partial charge on any atom is 0.527 e. The van der Waals surface area contributed by atoms with E-state index in [-0.39, 0.29) is 0 Å². The highest BCUT2D eigenvalue weighted by atomic mass is 79.9. The summed E-state index contributed by atoms with van der Waals surface area (Å²) in [6, 6.07) is 4.08. The Hall–Kier alpha value is -1.03. The molecule has 1 aromatic carbocycles. The number of ether oxygens (including phenoxy) is 2. The Morgan fingerprint density at radius 1 is 0.789 bits per heavy atom. The molecule has 10 heteroatoms. The third-order valence-corrected chi connectivity index (χ3v) is 2.17. The number of hydrogen-bond donors (Lipinski definition) is 0. The Morgan fingerprint density at radius 2 is 1.26 bits per heavy atom. The molecule has 0 unspecified atom stereocenters. The van der Waals surface area contributed by atoms with Gasteiger partial charge in [-0.3, -0.25) is 0 Å². The third-order valence-electron chi connectivity index (χ3n) is 1.64. The number of halogens is 8. The van der Waals surface area contributed by atoms with Crippen LogP contribution in [0.5, 0.6) is 5.75 Å². The standard InChI is InChI=1S/C9H4BrF7O2/c10-5-1-3-6(4-2-5)18-7(11,12)8(13,14)19-9(15,16)17/h1-4H. The van der Waals surface area contributed by atoms with E-state index in [9.17, 15) is 30.7 Å². The molecule has 2 nitrogen and oxygen atoms in total. The Morgan fingerprint density at radius 3 is 1.68 bits per heavy atom. The summed E-state index contributed by atoms with van der Waals surface area (Å²) in [7, 11) is 0. The second-order valence-corrected chi connectivity index (χ2v) is 4.05. The smallest absolute Gasteiger partial charge is 0.426 e. The molecule has 0 N–H and O–H groups in total. The summed E-state index contributed by atoms with van der Waals surface area (Å²) in [6.07, 6.45) is -17.3. The van der Waals surface area contributed by atoms with Crippen molar-refractivity contribution < 1.29 is 40.2 Å². The summed E-state index contributed by atoms with van der Waals surface area (Å²) in [5.74, 6) is -0.751. The predicted octanol–water partition coefficient (Wildman–Crippen LogP) is 4.55. The molecule has 0 amide bonds. The molecule has 0 aliphatic heterocycles. The first-order valence-corrected chi connectivity index (χ1v) is 5.19. The van der Waals surface area contributed by atoms with Gasteiger partial charge in [0.2, 0.25) is 0 Å². The number of benzene rings is 1. The molecule has 0 saturated heterocycles. The van der Waals surface area contributed by atoms with E-state index in [1.807, 2.05) is 0 Å². The number of alkyl halides is 7. The van der Waals surface area contributed by atoms with Crippen LogP contribution in [0.3, 0.4) is 0 Å². The highest BCUT2D eigenvalue weighted by Gasteiger charge is 2.66. The molecule has 108 valence electrons. The molecule has 0 aliphatic carbocycles. The van der Waals surface area contributed by atoms with Crippen molar-refractivity contribution in [2.75, 3.05) is 0 Å². The van der Waals surface area contributed by atoms with E-state index < -0.39 is 24.3 Å². The van der Waals surface area contributed by atoms with Crippen LogP contribution in [0.25, 0.3) is 0 Å². The highest BCUT2D eigenvalue weighted by Crippen LogP contribution is 2.41. The quantitative estimate of drug-likeness (QED) is 0.737. The van der Waals surface area contributed by atoms with E-state index in [0.717, 1.165) is 12.1 Å². The van der Waals surface area contributed by atoms with Crippen LogP contribution in [0.4, 0.5) is 30.7 Å².